The molecule has 1 saturated heterocycles. The molecule has 6 heteroatoms. The summed E-state index contributed by atoms with van der Waals surface area (Å²) >= 11 is 1.34. The molecular formula is C16H18FN3OS. The van der Waals surface area contributed by atoms with Gasteiger partial charge in [0, 0.05) is 12.1 Å². The van der Waals surface area contributed by atoms with E-state index in [0.29, 0.717) is 17.0 Å². The van der Waals surface area contributed by atoms with E-state index in [-0.39, 0.29) is 11.9 Å². The van der Waals surface area contributed by atoms with Crippen molar-refractivity contribution >= 4 is 17.2 Å². The lowest BCUT2D eigenvalue weighted by Gasteiger charge is -2.34. The molecule has 116 valence electrons. The Morgan fingerprint density at radius 3 is 2.95 bits per heavy atom. The number of benzene rings is 1. The van der Waals surface area contributed by atoms with E-state index in [1.54, 1.807) is 6.07 Å². The minimum absolute atomic E-state index is 0.131. The molecule has 1 aliphatic heterocycles. The van der Waals surface area contributed by atoms with E-state index in [1.165, 1.54) is 23.6 Å². The third kappa shape index (κ3) is 3.18. The number of amides is 1. The monoisotopic (exact) mass is 319 g/mol. The number of likely N-dealkylation sites (tertiary alicyclic amines) is 1. The summed E-state index contributed by atoms with van der Waals surface area (Å²) in [4.78, 5) is 18.3. The van der Waals surface area contributed by atoms with Crippen molar-refractivity contribution < 1.29 is 9.18 Å². The van der Waals surface area contributed by atoms with Crippen LogP contribution in [0.25, 0.3) is 0 Å². The van der Waals surface area contributed by atoms with Crippen molar-refractivity contribution in [1.29, 1.82) is 0 Å². The highest BCUT2D eigenvalue weighted by Crippen LogP contribution is 2.34. The zero-order valence-electron chi connectivity index (χ0n) is 12.2. The van der Waals surface area contributed by atoms with Crippen LogP contribution in [-0.2, 0) is 6.54 Å². The molecule has 4 nitrogen and oxygen atoms in total. The first-order valence-corrected chi connectivity index (χ1v) is 8.20. The molecule has 0 radical (unpaired) electrons. The van der Waals surface area contributed by atoms with E-state index >= 15 is 0 Å². The van der Waals surface area contributed by atoms with Gasteiger partial charge in [0.2, 0.25) is 0 Å². The van der Waals surface area contributed by atoms with Gasteiger partial charge in [-0.2, -0.15) is 0 Å². The lowest BCUT2D eigenvalue weighted by atomic mass is 10.0. The third-order valence-electron chi connectivity index (χ3n) is 4.00. The van der Waals surface area contributed by atoms with Crippen LogP contribution < -0.4 is 5.73 Å². The van der Waals surface area contributed by atoms with E-state index in [1.807, 2.05) is 12.1 Å². The van der Waals surface area contributed by atoms with Gasteiger partial charge in [-0.15, -0.1) is 11.3 Å². The van der Waals surface area contributed by atoms with Gasteiger partial charge < -0.3 is 5.73 Å². The summed E-state index contributed by atoms with van der Waals surface area (Å²) in [5, 5.41) is 0.893. The number of halogens is 1. The average Bonchev–Trinajstić information content (AvgIpc) is 3.00. The number of rotatable bonds is 4. The van der Waals surface area contributed by atoms with Crippen molar-refractivity contribution in [3.05, 3.63) is 51.7 Å². The normalized spacial score (nSPS) is 19.2. The Morgan fingerprint density at radius 1 is 1.41 bits per heavy atom. The topological polar surface area (TPSA) is 59.2 Å². The zero-order valence-corrected chi connectivity index (χ0v) is 13.0. The summed E-state index contributed by atoms with van der Waals surface area (Å²) in [6, 6.07) is 6.99. The van der Waals surface area contributed by atoms with E-state index in [9.17, 15) is 9.18 Å². The number of nitrogens with two attached hydrogens (primary N) is 1. The quantitative estimate of drug-likeness (QED) is 0.942. The second-order valence-corrected chi connectivity index (χ2v) is 6.56. The van der Waals surface area contributed by atoms with Crippen molar-refractivity contribution in [3.63, 3.8) is 0 Å². The minimum Gasteiger partial charge on any atom is -0.365 e. The van der Waals surface area contributed by atoms with E-state index in [0.717, 1.165) is 30.8 Å². The van der Waals surface area contributed by atoms with E-state index < -0.39 is 5.91 Å². The van der Waals surface area contributed by atoms with Gasteiger partial charge in [0.1, 0.15) is 15.7 Å². The Morgan fingerprint density at radius 2 is 2.23 bits per heavy atom. The SMILES string of the molecule is NC(=O)c1cnc([C@@H]2CCCCN2Cc2ccccc2F)s1. The van der Waals surface area contributed by atoms with Gasteiger partial charge in [-0.05, 0) is 25.5 Å². The van der Waals surface area contributed by atoms with Gasteiger partial charge >= 0.3 is 0 Å². The molecule has 2 aromatic rings. The Bertz CT molecular complexity index is 673. The van der Waals surface area contributed by atoms with Crippen LogP contribution in [0.1, 0.15) is 45.5 Å². The lowest BCUT2D eigenvalue weighted by Crippen LogP contribution is -2.33. The molecule has 0 spiro atoms. The first-order chi connectivity index (χ1) is 10.6. The molecule has 1 aromatic carbocycles. The summed E-state index contributed by atoms with van der Waals surface area (Å²) in [5.74, 6) is -0.621. The van der Waals surface area contributed by atoms with Crippen molar-refractivity contribution in [2.45, 2.75) is 31.8 Å². The van der Waals surface area contributed by atoms with Crippen LogP contribution in [0.2, 0.25) is 0 Å². The molecule has 1 fully saturated rings. The predicted molar refractivity (Wildman–Crippen MR) is 84.0 cm³/mol. The van der Waals surface area contributed by atoms with Gasteiger partial charge in [-0.3, -0.25) is 9.69 Å². The van der Waals surface area contributed by atoms with E-state index in [4.69, 9.17) is 5.73 Å². The summed E-state index contributed by atoms with van der Waals surface area (Å²) in [7, 11) is 0. The maximum absolute atomic E-state index is 13.9. The highest BCUT2D eigenvalue weighted by atomic mass is 32.1. The highest BCUT2D eigenvalue weighted by Gasteiger charge is 2.27. The maximum atomic E-state index is 13.9. The van der Waals surface area contributed by atoms with Gasteiger partial charge in [0.25, 0.3) is 5.91 Å². The van der Waals surface area contributed by atoms with Crippen LogP contribution in [0, 0.1) is 5.82 Å². The minimum atomic E-state index is -0.444. The molecule has 1 amide bonds. The van der Waals surface area contributed by atoms with Crippen molar-refractivity contribution in [2.75, 3.05) is 6.54 Å². The van der Waals surface area contributed by atoms with Crippen LogP contribution in [0.15, 0.2) is 30.5 Å². The molecule has 2 N–H and O–H groups in total. The fourth-order valence-electron chi connectivity index (χ4n) is 2.86. The molecule has 0 saturated carbocycles. The number of primary amides is 1. The first-order valence-electron chi connectivity index (χ1n) is 7.38. The molecular weight excluding hydrogens is 301 g/mol. The number of hydrogen-bond donors (Lipinski definition) is 1. The van der Waals surface area contributed by atoms with Crippen LogP contribution >= 0.6 is 11.3 Å². The fourth-order valence-corrected chi connectivity index (χ4v) is 3.80. The number of aromatic nitrogens is 1. The molecule has 0 unspecified atom stereocenters. The fraction of sp³-hybridized carbons (Fsp3) is 0.375. The maximum Gasteiger partial charge on any atom is 0.260 e. The van der Waals surface area contributed by atoms with Gasteiger partial charge in [-0.1, -0.05) is 24.6 Å². The summed E-state index contributed by atoms with van der Waals surface area (Å²) in [6.45, 7) is 1.47. The molecule has 1 aliphatic rings. The number of thiazole rings is 1. The largest absolute Gasteiger partial charge is 0.365 e. The molecule has 1 aromatic heterocycles. The zero-order chi connectivity index (χ0) is 15.5. The molecule has 22 heavy (non-hydrogen) atoms. The Kier molecular flexibility index (Phi) is 4.49. The molecule has 1 atom stereocenters. The van der Waals surface area contributed by atoms with Crippen LogP contribution in [0.4, 0.5) is 4.39 Å². The number of nitrogens with zero attached hydrogens (tertiary/aromatic N) is 2. The molecule has 2 heterocycles. The van der Waals surface area contributed by atoms with Crippen LogP contribution in [0.5, 0.6) is 0 Å². The van der Waals surface area contributed by atoms with Crippen molar-refractivity contribution in [1.82, 2.24) is 9.88 Å². The lowest BCUT2D eigenvalue weighted by molar-refractivity contribution is 0.100. The number of hydrogen-bond acceptors (Lipinski definition) is 4. The Hall–Kier alpha value is -1.79. The van der Waals surface area contributed by atoms with Crippen molar-refractivity contribution in [2.24, 2.45) is 5.73 Å². The highest BCUT2D eigenvalue weighted by molar-refractivity contribution is 7.13. The molecule has 3 rings (SSSR count). The summed E-state index contributed by atoms with van der Waals surface area (Å²) in [6.07, 6.45) is 4.72. The molecule has 0 bridgehead atoms. The average molecular weight is 319 g/mol. The second-order valence-electron chi connectivity index (χ2n) is 5.50. The standard InChI is InChI=1S/C16H18FN3OS/c17-12-6-2-1-5-11(12)10-20-8-4-3-7-13(20)16-19-9-14(22-16)15(18)21/h1-2,5-6,9,13H,3-4,7-8,10H2,(H2,18,21)/t13-/m0/s1. The Labute approximate surface area is 132 Å². The van der Waals surface area contributed by atoms with Gasteiger partial charge in [-0.25, -0.2) is 9.37 Å². The van der Waals surface area contributed by atoms with Gasteiger partial charge in [0.05, 0.1) is 12.2 Å². The summed E-state index contributed by atoms with van der Waals surface area (Å²) in [5.41, 5.74) is 6.00. The smallest absolute Gasteiger partial charge is 0.260 e. The molecule has 0 aliphatic carbocycles. The number of carbonyl (C=O) groups excluding carboxylic acids is 1. The van der Waals surface area contributed by atoms with Crippen LogP contribution in [-0.4, -0.2) is 22.3 Å². The van der Waals surface area contributed by atoms with Crippen LogP contribution in [0.3, 0.4) is 0 Å². The van der Waals surface area contributed by atoms with Gasteiger partial charge in [0.15, 0.2) is 0 Å². The second kappa shape index (κ2) is 6.54. The Balaban J connectivity index is 1.81. The number of carbonyl (C=O) groups is 1. The third-order valence-corrected chi connectivity index (χ3v) is 5.11. The number of piperidine rings is 1. The van der Waals surface area contributed by atoms with Crippen molar-refractivity contribution in [3.8, 4) is 0 Å². The predicted octanol–water partition coefficient (Wildman–Crippen LogP) is 3.11. The summed E-state index contributed by atoms with van der Waals surface area (Å²) < 4.78 is 13.9. The van der Waals surface area contributed by atoms with E-state index in [2.05, 4.69) is 9.88 Å². The first kappa shape index (κ1) is 15.1.